The molecule has 0 aliphatic carbocycles. The van der Waals surface area contributed by atoms with Crippen LogP contribution < -0.4 is 0 Å². The Labute approximate surface area is 57.8 Å². The molecule has 0 N–H and O–H groups in total. The summed E-state index contributed by atoms with van der Waals surface area (Å²) >= 11 is 0. The molecule has 0 aromatic carbocycles. The van der Waals surface area contributed by atoms with Crippen LogP contribution in [0.25, 0.3) is 0 Å². The highest BCUT2D eigenvalue weighted by Gasteiger charge is 2.31. The molecule has 1 fully saturated rings. The smallest absolute Gasteiger partial charge is 0.295 e. The Morgan fingerprint density at radius 1 is 1.10 bits per heavy atom. The van der Waals surface area contributed by atoms with Crippen molar-refractivity contribution in [2.75, 3.05) is 19.6 Å². The molecule has 0 radical (unpaired) electrons. The zero-order chi connectivity index (χ0) is 7.61. The Bertz CT molecular complexity index is 104. The first-order valence-electron chi connectivity index (χ1n) is 3.37. The number of hydrogen-bond acceptors (Lipinski definition) is 1. The van der Waals surface area contributed by atoms with E-state index in [2.05, 4.69) is 0 Å². The third-order valence-electron chi connectivity index (χ3n) is 1.60. The highest BCUT2D eigenvalue weighted by atomic mass is 19.4. The van der Waals surface area contributed by atoms with Gasteiger partial charge in [0.15, 0.2) is 0 Å². The molecule has 1 rings (SSSR count). The van der Waals surface area contributed by atoms with Crippen LogP contribution >= 0.6 is 0 Å². The van der Waals surface area contributed by atoms with Crippen LogP contribution in [-0.4, -0.2) is 30.7 Å². The zero-order valence-corrected chi connectivity index (χ0v) is 5.62. The summed E-state index contributed by atoms with van der Waals surface area (Å²) in [5.41, 5.74) is 0. The first-order valence-corrected chi connectivity index (χ1v) is 3.37. The lowest BCUT2D eigenvalue weighted by Gasteiger charge is -2.16. The molecule has 1 saturated heterocycles. The Kier molecular flexibility index (Phi) is 2.18. The van der Waals surface area contributed by atoms with Gasteiger partial charge in [-0.3, -0.25) is 4.90 Å². The Hall–Kier alpha value is -0.250. The van der Waals surface area contributed by atoms with Crippen molar-refractivity contribution in [1.82, 2.24) is 4.90 Å². The van der Waals surface area contributed by atoms with Crippen LogP contribution in [-0.2, 0) is 0 Å². The van der Waals surface area contributed by atoms with Crippen molar-refractivity contribution in [2.45, 2.75) is 19.0 Å². The molecule has 4 heteroatoms. The second-order valence-electron chi connectivity index (χ2n) is 2.60. The predicted octanol–water partition coefficient (Wildman–Crippen LogP) is 1.64. The lowest BCUT2D eigenvalue weighted by molar-refractivity contribution is -0.143. The molecule has 0 unspecified atom stereocenters. The summed E-state index contributed by atoms with van der Waals surface area (Å²) in [4.78, 5) is 1.44. The lowest BCUT2D eigenvalue weighted by Crippen LogP contribution is -2.31. The molecule has 10 heavy (non-hydrogen) atoms. The van der Waals surface area contributed by atoms with Crippen molar-refractivity contribution in [3.63, 3.8) is 0 Å². The van der Waals surface area contributed by atoms with E-state index in [0.717, 1.165) is 12.8 Å². The van der Waals surface area contributed by atoms with E-state index in [1.807, 2.05) is 0 Å². The van der Waals surface area contributed by atoms with E-state index < -0.39 is 12.7 Å². The van der Waals surface area contributed by atoms with Crippen LogP contribution in [0.4, 0.5) is 13.2 Å². The maximum atomic E-state index is 11.7. The van der Waals surface area contributed by atoms with Crippen LogP contribution in [0.1, 0.15) is 12.8 Å². The summed E-state index contributed by atoms with van der Waals surface area (Å²) in [6.45, 7) is 0.492. The minimum Gasteiger partial charge on any atom is -0.295 e. The van der Waals surface area contributed by atoms with Gasteiger partial charge in [-0.05, 0) is 25.9 Å². The summed E-state index contributed by atoms with van der Waals surface area (Å²) in [5.74, 6) is 0. The van der Waals surface area contributed by atoms with Crippen LogP contribution in [0.2, 0.25) is 0 Å². The summed E-state index contributed by atoms with van der Waals surface area (Å²) in [5, 5.41) is 0. The van der Waals surface area contributed by atoms with Gasteiger partial charge in [-0.2, -0.15) is 13.2 Å². The number of halogens is 3. The first-order chi connectivity index (χ1) is 4.58. The summed E-state index contributed by atoms with van der Waals surface area (Å²) in [6.07, 6.45) is -2.18. The maximum absolute atomic E-state index is 11.7. The fourth-order valence-electron chi connectivity index (χ4n) is 1.19. The summed E-state index contributed by atoms with van der Waals surface area (Å²) in [7, 11) is 0. The van der Waals surface area contributed by atoms with E-state index in [1.54, 1.807) is 0 Å². The van der Waals surface area contributed by atoms with Crippen molar-refractivity contribution < 1.29 is 13.2 Å². The number of hydrogen-bond donors (Lipinski definition) is 0. The molecular formula is C6H10F3N. The van der Waals surface area contributed by atoms with E-state index in [-0.39, 0.29) is 0 Å². The van der Waals surface area contributed by atoms with Gasteiger partial charge in [0.05, 0.1) is 6.54 Å². The minimum absolute atomic E-state index is 0.611. The van der Waals surface area contributed by atoms with Gasteiger partial charge in [0, 0.05) is 0 Å². The molecule has 0 amide bonds. The molecule has 60 valence electrons. The molecule has 1 nitrogen and oxygen atoms in total. The van der Waals surface area contributed by atoms with Crippen molar-refractivity contribution in [1.29, 1.82) is 0 Å². The quantitative estimate of drug-likeness (QED) is 0.553. The molecule has 0 saturated carbocycles. The average Bonchev–Trinajstić information content (AvgIpc) is 2.12. The molecule has 0 atom stereocenters. The molecule has 0 bridgehead atoms. The number of nitrogens with zero attached hydrogens (tertiary/aromatic N) is 1. The average molecular weight is 153 g/mol. The molecule has 1 aliphatic rings. The van der Waals surface area contributed by atoms with Crippen LogP contribution in [0.15, 0.2) is 0 Å². The summed E-state index contributed by atoms with van der Waals surface area (Å²) in [6, 6.07) is 0. The van der Waals surface area contributed by atoms with Crippen molar-refractivity contribution in [3.8, 4) is 0 Å². The van der Waals surface area contributed by atoms with E-state index in [9.17, 15) is 13.2 Å². The topological polar surface area (TPSA) is 3.24 Å². The first kappa shape index (κ1) is 7.85. The zero-order valence-electron chi connectivity index (χ0n) is 5.62. The van der Waals surface area contributed by atoms with Gasteiger partial charge in [-0.25, -0.2) is 0 Å². The monoisotopic (exact) mass is 153 g/mol. The third-order valence-corrected chi connectivity index (χ3v) is 1.60. The minimum atomic E-state index is -4.01. The largest absolute Gasteiger partial charge is 0.401 e. The van der Waals surface area contributed by atoms with Gasteiger partial charge in [0.2, 0.25) is 0 Å². The van der Waals surface area contributed by atoms with Crippen LogP contribution in [0.3, 0.4) is 0 Å². The van der Waals surface area contributed by atoms with E-state index in [1.165, 1.54) is 4.90 Å². The van der Waals surface area contributed by atoms with Gasteiger partial charge in [-0.15, -0.1) is 0 Å². The fourth-order valence-corrected chi connectivity index (χ4v) is 1.19. The molecule has 0 spiro atoms. The SMILES string of the molecule is FC(F)(F)CN1CCCC1. The van der Waals surface area contributed by atoms with Crippen molar-refractivity contribution >= 4 is 0 Å². The molecule has 0 aromatic heterocycles. The highest BCUT2D eigenvalue weighted by Crippen LogP contribution is 2.19. The van der Waals surface area contributed by atoms with Gasteiger partial charge in [0.1, 0.15) is 0 Å². The maximum Gasteiger partial charge on any atom is 0.401 e. The third kappa shape index (κ3) is 2.56. The second kappa shape index (κ2) is 2.78. The predicted molar refractivity (Wildman–Crippen MR) is 31.7 cm³/mol. The Morgan fingerprint density at radius 2 is 1.60 bits per heavy atom. The molecule has 1 aliphatic heterocycles. The van der Waals surface area contributed by atoms with Gasteiger partial charge in [0.25, 0.3) is 0 Å². The standard InChI is InChI=1S/C6H10F3N/c7-6(8,9)5-10-3-1-2-4-10/h1-5H2. The van der Waals surface area contributed by atoms with E-state index >= 15 is 0 Å². The van der Waals surface area contributed by atoms with Gasteiger partial charge >= 0.3 is 6.18 Å². The summed E-state index contributed by atoms with van der Waals surface area (Å²) < 4.78 is 35.0. The van der Waals surface area contributed by atoms with Gasteiger partial charge in [-0.1, -0.05) is 0 Å². The van der Waals surface area contributed by atoms with Crippen molar-refractivity contribution in [2.24, 2.45) is 0 Å². The lowest BCUT2D eigenvalue weighted by atomic mass is 10.4. The number of rotatable bonds is 1. The van der Waals surface area contributed by atoms with E-state index in [0.29, 0.717) is 13.1 Å². The van der Waals surface area contributed by atoms with Crippen LogP contribution in [0.5, 0.6) is 0 Å². The van der Waals surface area contributed by atoms with Gasteiger partial charge < -0.3 is 0 Å². The van der Waals surface area contributed by atoms with Crippen molar-refractivity contribution in [3.05, 3.63) is 0 Å². The molecule has 1 heterocycles. The fraction of sp³-hybridized carbons (Fsp3) is 1.00. The molecule has 0 aromatic rings. The van der Waals surface area contributed by atoms with E-state index in [4.69, 9.17) is 0 Å². The number of likely N-dealkylation sites (tertiary alicyclic amines) is 1. The molecular weight excluding hydrogens is 143 g/mol. The Balaban J connectivity index is 2.24. The second-order valence-corrected chi connectivity index (χ2v) is 2.60. The van der Waals surface area contributed by atoms with Crippen LogP contribution in [0, 0.1) is 0 Å². The Morgan fingerprint density at radius 3 is 2.00 bits per heavy atom. The number of alkyl halides is 3. The highest BCUT2D eigenvalue weighted by molar-refractivity contribution is 4.68. The normalized spacial score (nSPS) is 21.9.